The maximum absolute atomic E-state index is 12.3. The van der Waals surface area contributed by atoms with Crippen LogP contribution in [0.1, 0.15) is 10.4 Å². The Morgan fingerprint density at radius 3 is 2.29 bits per heavy atom. The van der Waals surface area contributed by atoms with Crippen molar-refractivity contribution in [3.05, 3.63) is 70.7 Å². The monoisotopic (exact) mass is 341 g/mol. The van der Waals surface area contributed by atoms with Gasteiger partial charge in [0.05, 0.1) is 11.3 Å². The molecule has 0 aliphatic rings. The number of hydrogen-bond donors (Lipinski definition) is 2. The average Bonchev–Trinajstić information content (AvgIpc) is 2.49. The maximum Gasteiger partial charge on any atom is 0.259 e. The fraction of sp³-hybridized carbons (Fsp3) is 0. The molecule has 0 atom stereocenters. The molecule has 3 nitrogen and oxygen atoms in total. The van der Waals surface area contributed by atoms with Crippen molar-refractivity contribution in [3.8, 4) is 5.75 Å². The van der Waals surface area contributed by atoms with Crippen molar-refractivity contribution < 1.29 is 9.90 Å². The quantitative estimate of drug-likeness (QED) is 0.717. The van der Waals surface area contributed by atoms with Crippen molar-refractivity contribution in [1.82, 2.24) is 0 Å². The predicted molar refractivity (Wildman–Crippen MR) is 87.7 cm³/mol. The number of hydrogen-bond acceptors (Lipinski definition) is 2. The van der Waals surface area contributed by atoms with Crippen LogP contribution in [0.2, 0.25) is 0 Å². The molecule has 0 fully saturated rings. The number of phenolic OH excluding ortho intramolecular Hbond substituents is 1. The molecule has 0 saturated carbocycles. The zero-order valence-corrected chi connectivity index (χ0v) is 12.6. The summed E-state index contributed by atoms with van der Waals surface area (Å²) in [6.07, 6.45) is 0. The van der Waals surface area contributed by atoms with E-state index in [1.54, 1.807) is 18.2 Å². The summed E-state index contributed by atoms with van der Waals surface area (Å²) in [5.74, 6) is -0.372. The van der Waals surface area contributed by atoms with Gasteiger partial charge < -0.3 is 10.4 Å². The highest BCUT2D eigenvalue weighted by atomic mass is 79.9. The van der Waals surface area contributed by atoms with Crippen molar-refractivity contribution >= 4 is 38.3 Å². The Morgan fingerprint density at radius 2 is 1.57 bits per heavy atom. The number of phenols is 1. The lowest BCUT2D eigenvalue weighted by atomic mass is 10.1. The minimum atomic E-state index is -0.342. The van der Waals surface area contributed by atoms with Gasteiger partial charge in [-0.05, 0) is 51.0 Å². The molecule has 3 aromatic rings. The third-order valence-corrected chi connectivity index (χ3v) is 3.92. The van der Waals surface area contributed by atoms with Crippen LogP contribution in [0.15, 0.2) is 65.1 Å². The number of carbonyl (C=O) groups excluding carboxylic acids is 1. The first-order valence-corrected chi connectivity index (χ1v) is 7.22. The Labute approximate surface area is 130 Å². The Kier molecular flexibility index (Phi) is 3.62. The van der Waals surface area contributed by atoms with Crippen LogP contribution in [0.4, 0.5) is 5.69 Å². The maximum atomic E-state index is 12.3. The lowest BCUT2D eigenvalue weighted by molar-refractivity contribution is 0.102. The van der Waals surface area contributed by atoms with Crippen molar-refractivity contribution in [1.29, 1.82) is 0 Å². The van der Waals surface area contributed by atoms with E-state index in [9.17, 15) is 9.90 Å². The molecule has 4 heteroatoms. The van der Waals surface area contributed by atoms with E-state index in [4.69, 9.17) is 0 Å². The molecule has 0 spiro atoms. The van der Waals surface area contributed by atoms with E-state index in [1.165, 1.54) is 0 Å². The van der Waals surface area contributed by atoms with Crippen LogP contribution in [-0.2, 0) is 0 Å². The number of benzene rings is 3. The number of carbonyl (C=O) groups is 1. The normalized spacial score (nSPS) is 10.5. The smallest absolute Gasteiger partial charge is 0.259 e. The number of aromatic hydroxyl groups is 1. The summed E-state index contributed by atoms with van der Waals surface area (Å²) >= 11 is 3.38. The molecule has 0 unspecified atom stereocenters. The topological polar surface area (TPSA) is 49.3 Å². The molecule has 2 N–H and O–H groups in total. The van der Waals surface area contributed by atoms with Crippen LogP contribution >= 0.6 is 15.9 Å². The number of anilines is 1. The highest BCUT2D eigenvalue weighted by molar-refractivity contribution is 9.10. The summed E-state index contributed by atoms with van der Waals surface area (Å²) in [6.45, 7) is 0. The molecule has 0 bridgehead atoms. The molecule has 0 saturated heterocycles. The number of rotatable bonds is 2. The first-order chi connectivity index (χ1) is 10.1. The number of nitrogens with one attached hydrogen (secondary N) is 1. The minimum absolute atomic E-state index is 0.0294. The van der Waals surface area contributed by atoms with Gasteiger partial charge in [0.2, 0.25) is 0 Å². The van der Waals surface area contributed by atoms with Gasteiger partial charge in [-0.2, -0.15) is 0 Å². The molecule has 21 heavy (non-hydrogen) atoms. The van der Waals surface area contributed by atoms with Crippen LogP contribution in [-0.4, -0.2) is 11.0 Å². The van der Waals surface area contributed by atoms with Gasteiger partial charge in [0.15, 0.2) is 0 Å². The average molecular weight is 342 g/mol. The molecular weight excluding hydrogens is 330 g/mol. The molecular formula is C17H12BrNO2. The van der Waals surface area contributed by atoms with Gasteiger partial charge in [-0.3, -0.25) is 4.79 Å². The van der Waals surface area contributed by atoms with Crippen LogP contribution in [0.25, 0.3) is 10.8 Å². The van der Waals surface area contributed by atoms with Crippen molar-refractivity contribution in [3.63, 3.8) is 0 Å². The van der Waals surface area contributed by atoms with E-state index >= 15 is 0 Å². The van der Waals surface area contributed by atoms with Crippen LogP contribution in [0, 0.1) is 0 Å². The zero-order chi connectivity index (χ0) is 14.8. The van der Waals surface area contributed by atoms with E-state index in [2.05, 4.69) is 21.2 Å². The van der Waals surface area contributed by atoms with Gasteiger partial charge in [-0.1, -0.05) is 36.4 Å². The predicted octanol–water partition coefficient (Wildman–Crippen LogP) is 4.56. The summed E-state index contributed by atoms with van der Waals surface area (Å²) in [4.78, 5) is 12.3. The van der Waals surface area contributed by atoms with Crippen LogP contribution in [0.3, 0.4) is 0 Å². The minimum Gasteiger partial charge on any atom is -0.507 e. The third kappa shape index (κ3) is 2.76. The molecule has 0 radical (unpaired) electrons. The standard InChI is InChI=1S/C17H12BrNO2/c18-14-7-3-4-8-15(14)19-17(21)13-9-11-5-1-2-6-12(11)10-16(13)20/h1-10,20H,(H,19,21). The van der Waals surface area contributed by atoms with Gasteiger partial charge in [0, 0.05) is 4.47 Å². The largest absolute Gasteiger partial charge is 0.507 e. The first kappa shape index (κ1) is 13.6. The number of para-hydroxylation sites is 1. The lowest BCUT2D eigenvalue weighted by Crippen LogP contribution is -2.12. The SMILES string of the molecule is O=C(Nc1ccccc1Br)c1cc2ccccc2cc1O. The molecule has 0 aliphatic carbocycles. The summed E-state index contributed by atoms with van der Waals surface area (Å²) in [5.41, 5.74) is 0.916. The van der Waals surface area contributed by atoms with E-state index in [-0.39, 0.29) is 17.2 Å². The van der Waals surface area contributed by atoms with Gasteiger partial charge in [-0.15, -0.1) is 0 Å². The fourth-order valence-corrected chi connectivity index (χ4v) is 2.55. The summed E-state index contributed by atoms with van der Waals surface area (Å²) < 4.78 is 0.790. The van der Waals surface area contributed by atoms with Gasteiger partial charge in [0.1, 0.15) is 5.75 Å². The van der Waals surface area contributed by atoms with Crippen molar-refractivity contribution in [2.45, 2.75) is 0 Å². The van der Waals surface area contributed by atoms with Gasteiger partial charge in [0.25, 0.3) is 5.91 Å². The second-order valence-electron chi connectivity index (χ2n) is 4.65. The second-order valence-corrected chi connectivity index (χ2v) is 5.50. The molecule has 3 rings (SSSR count). The highest BCUT2D eigenvalue weighted by Crippen LogP contribution is 2.27. The van der Waals surface area contributed by atoms with Crippen LogP contribution < -0.4 is 5.32 Å². The highest BCUT2D eigenvalue weighted by Gasteiger charge is 2.13. The molecule has 3 aromatic carbocycles. The summed E-state index contributed by atoms with van der Waals surface area (Å²) in [6, 6.07) is 18.2. The third-order valence-electron chi connectivity index (χ3n) is 3.23. The Balaban J connectivity index is 1.98. The van der Waals surface area contributed by atoms with E-state index < -0.39 is 0 Å². The Morgan fingerprint density at radius 1 is 0.952 bits per heavy atom. The van der Waals surface area contributed by atoms with Gasteiger partial charge >= 0.3 is 0 Å². The van der Waals surface area contributed by atoms with Crippen molar-refractivity contribution in [2.24, 2.45) is 0 Å². The Bertz CT molecular complexity index is 830. The fourth-order valence-electron chi connectivity index (χ4n) is 2.16. The van der Waals surface area contributed by atoms with Crippen molar-refractivity contribution in [2.75, 3.05) is 5.32 Å². The second kappa shape index (κ2) is 5.58. The van der Waals surface area contributed by atoms with E-state index in [0.717, 1.165) is 15.2 Å². The lowest BCUT2D eigenvalue weighted by Gasteiger charge is -2.09. The zero-order valence-electron chi connectivity index (χ0n) is 11.0. The van der Waals surface area contributed by atoms with E-state index in [0.29, 0.717) is 5.69 Å². The molecule has 1 amide bonds. The Hall–Kier alpha value is -2.33. The van der Waals surface area contributed by atoms with E-state index in [1.807, 2.05) is 42.5 Å². The number of amides is 1. The van der Waals surface area contributed by atoms with Gasteiger partial charge in [-0.25, -0.2) is 0 Å². The summed E-state index contributed by atoms with van der Waals surface area (Å²) in [7, 11) is 0. The number of halogens is 1. The first-order valence-electron chi connectivity index (χ1n) is 6.43. The molecule has 0 heterocycles. The summed E-state index contributed by atoms with van der Waals surface area (Å²) in [5, 5.41) is 14.6. The van der Waals surface area contributed by atoms with Crippen LogP contribution in [0.5, 0.6) is 5.75 Å². The molecule has 0 aliphatic heterocycles. The number of fused-ring (bicyclic) bond motifs is 1. The molecule has 104 valence electrons. The molecule has 0 aromatic heterocycles.